The van der Waals surface area contributed by atoms with E-state index < -0.39 is 16.4 Å². The summed E-state index contributed by atoms with van der Waals surface area (Å²) >= 11 is 0. The lowest BCUT2D eigenvalue weighted by atomic mass is 10.2. The van der Waals surface area contributed by atoms with Crippen LogP contribution >= 0.6 is 0 Å². The van der Waals surface area contributed by atoms with Gasteiger partial charge in [0.2, 0.25) is 11.7 Å². The minimum atomic E-state index is -0.863. The van der Waals surface area contributed by atoms with Gasteiger partial charge in [0.15, 0.2) is 0 Å². The smallest absolute Gasteiger partial charge is 0.304 e. The largest absolute Gasteiger partial charge is 0.358 e. The fourth-order valence-electron chi connectivity index (χ4n) is 1.62. The minimum Gasteiger partial charge on any atom is -0.358 e. The Morgan fingerprint density at radius 3 is 2.68 bits per heavy atom. The Labute approximate surface area is 110 Å². The zero-order chi connectivity index (χ0) is 14.4. The lowest BCUT2D eigenvalue weighted by Crippen LogP contribution is -2.35. The molecule has 19 heavy (non-hydrogen) atoms. The van der Waals surface area contributed by atoms with Crippen molar-refractivity contribution in [3.63, 3.8) is 0 Å². The van der Waals surface area contributed by atoms with Crippen LogP contribution in [-0.2, 0) is 11.3 Å². The number of benzene rings is 1. The third-order valence-corrected chi connectivity index (χ3v) is 2.71. The van der Waals surface area contributed by atoms with Gasteiger partial charge in [0, 0.05) is 19.7 Å². The molecule has 0 aliphatic carbocycles. The fraction of sp³-hybridized carbons (Fsp3) is 0.417. The first-order valence-electron chi connectivity index (χ1n) is 5.83. The van der Waals surface area contributed by atoms with E-state index in [1.165, 1.54) is 6.07 Å². The van der Waals surface area contributed by atoms with Crippen LogP contribution in [0.1, 0.15) is 12.5 Å². The Balaban J connectivity index is 2.78. The molecule has 0 aliphatic rings. The molecular weight excluding hydrogens is 253 g/mol. The van der Waals surface area contributed by atoms with Crippen molar-refractivity contribution in [3.8, 4) is 0 Å². The maximum Gasteiger partial charge on any atom is 0.304 e. The molecule has 1 aromatic rings. The average molecular weight is 269 g/mol. The fourth-order valence-corrected chi connectivity index (χ4v) is 1.62. The molecule has 0 heterocycles. The molecular formula is C12H16FN3O3. The lowest BCUT2D eigenvalue weighted by molar-refractivity contribution is -0.387. The van der Waals surface area contributed by atoms with Crippen LogP contribution in [0.2, 0.25) is 0 Å². The van der Waals surface area contributed by atoms with Gasteiger partial charge in [-0.25, -0.2) is 0 Å². The zero-order valence-corrected chi connectivity index (χ0v) is 10.9. The summed E-state index contributed by atoms with van der Waals surface area (Å²) in [7, 11) is 1.54. The molecule has 0 saturated carbocycles. The van der Waals surface area contributed by atoms with Crippen LogP contribution in [0.25, 0.3) is 0 Å². The molecule has 0 spiro atoms. The summed E-state index contributed by atoms with van der Waals surface area (Å²) in [5.74, 6) is -0.997. The number of hydrogen-bond acceptors (Lipinski definition) is 4. The number of nitro groups is 1. The van der Waals surface area contributed by atoms with Crippen molar-refractivity contribution >= 4 is 11.6 Å². The highest BCUT2D eigenvalue weighted by atomic mass is 19.1. The van der Waals surface area contributed by atoms with Crippen LogP contribution in [0.4, 0.5) is 10.1 Å². The van der Waals surface area contributed by atoms with Crippen molar-refractivity contribution < 1.29 is 14.1 Å². The summed E-state index contributed by atoms with van der Waals surface area (Å²) in [6.07, 6.45) is 0. The first kappa shape index (κ1) is 15.0. The number of likely N-dealkylation sites (N-methyl/N-ethyl adjacent to an activating group) is 2. The third kappa shape index (κ3) is 4.29. The van der Waals surface area contributed by atoms with E-state index in [-0.39, 0.29) is 12.5 Å². The second-order valence-electron chi connectivity index (χ2n) is 4.02. The van der Waals surface area contributed by atoms with E-state index in [1.54, 1.807) is 11.9 Å². The SMILES string of the molecule is CCN(CC(=O)NC)Cc1ccc([N+](=O)[O-])c(F)c1. The lowest BCUT2D eigenvalue weighted by Gasteiger charge is -2.19. The molecule has 0 atom stereocenters. The number of carbonyl (C=O) groups excluding carboxylic acids is 1. The molecule has 1 aromatic carbocycles. The summed E-state index contributed by atoms with van der Waals surface area (Å²) in [4.78, 5) is 22.8. The Hall–Kier alpha value is -2.02. The van der Waals surface area contributed by atoms with Gasteiger partial charge in [-0.2, -0.15) is 4.39 Å². The van der Waals surface area contributed by atoms with Crippen molar-refractivity contribution in [2.24, 2.45) is 0 Å². The van der Waals surface area contributed by atoms with Crippen LogP contribution in [0.15, 0.2) is 18.2 Å². The maximum absolute atomic E-state index is 13.4. The second-order valence-corrected chi connectivity index (χ2v) is 4.02. The molecule has 6 nitrogen and oxygen atoms in total. The molecule has 0 aliphatic heterocycles. The van der Waals surface area contributed by atoms with Crippen LogP contribution < -0.4 is 5.32 Å². The van der Waals surface area contributed by atoms with Gasteiger partial charge in [-0.3, -0.25) is 19.8 Å². The Bertz CT molecular complexity index is 479. The Morgan fingerprint density at radius 2 is 2.21 bits per heavy atom. The van der Waals surface area contributed by atoms with E-state index >= 15 is 0 Å². The van der Waals surface area contributed by atoms with E-state index in [9.17, 15) is 19.3 Å². The number of carbonyl (C=O) groups is 1. The van der Waals surface area contributed by atoms with Gasteiger partial charge in [-0.1, -0.05) is 13.0 Å². The summed E-state index contributed by atoms with van der Waals surface area (Å²) in [6.45, 7) is 3.06. The zero-order valence-electron chi connectivity index (χ0n) is 10.9. The normalized spacial score (nSPS) is 10.5. The highest BCUT2D eigenvalue weighted by Crippen LogP contribution is 2.18. The van der Waals surface area contributed by atoms with Gasteiger partial charge in [0.1, 0.15) is 0 Å². The minimum absolute atomic E-state index is 0.135. The van der Waals surface area contributed by atoms with E-state index in [0.717, 1.165) is 12.1 Å². The van der Waals surface area contributed by atoms with Gasteiger partial charge in [0.05, 0.1) is 11.5 Å². The summed E-state index contributed by atoms with van der Waals surface area (Å²) in [5, 5.41) is 13.0. The van der Waals surface area contributed by atoms with Crippen LogP contribution in [0.5, 0.6) is 0 Å². The van der Waals surface area contributed by atoms with E-state index in [1.807, 2.05) is 6.92 Å². The van der Waals surface area contributed by atoms with E-state index in [4.69, 9.17) is 0 Å². The standard InChI is InChI=1S/C12H16FN3O3/c1-3-15(8-12(17)14-2)7-9-4-5-11(16(18)19)10(13)6-9/h4-6H,3,7-8H2,1-2H3,(H,14,17). The molecule has 7 heteroatoms. The first-order chi connectivity index (χ1) is 8.97. The van der Waals surface area contributed by atoms with Crippen LogP contribution in [0.3, 0.4) is 0 Å². The van der Waals surface area contributed by atoms with Gasteiger partial charge in [0.25, 0.3) is 0 Å². The topological polar surface area (TPSA) is 75.5 Å². The number of nitrogens with zero attached hydrogens (tertiary/aromatic N) is 2. The molecule has 1 N–H and O–H groups in total. The van der Waals surface area contributed by atoms with Crippen molar-refractivity contribution in [2.45, 2.75) is 13.5 Å². The molecule has 0 bridgehead atoms. The monoisotopic (exact) mass is 269 g/mol. The quantitative estimate of drug-likeness (QED) is 0.624. The Kier molecular flexibility index (Phi) is 5.37. The molecule has 0 unspecified atom stereocenters. The predicted molar refractivity (Wildman–Crippen MR) is 68.1 cm³/mol. The number of hydrogen-bond donors (Lipinski definition) is 1. The number of rotatable bonds is 6. The van der Waals surface area contributed by atoms with Crippen molar-refractivity contribution in [1.82, 2.24) is 10.2 Å². The molecule has 0 radical (unpaired) electrons. The number of nitro benzene ring substituents is 1. The summed E-state index contributed by atoms with van der Waals surface area (Å²) in [6, 6.07) is 3.76. The first-order valence-corrected chi connectivity index (χ1v) is 5.83. The maximum atomic E-state index is 13.4. The Morgan fingerprint density at radius 1 is 1.53 bits per heavy atom. The average Bonchev–Trinajstić information content (AvgIpc) is 2.37. The second kappa shape index (κ2) is 6.79. The van der Waals surface area contributed by atoms with E-state index in [2.05, 4.69) is 5.32 Å². The summed E-state index contributed by atoms with van der Waals surface area (Å²) in [5.41, 5.74) is 0.0481. The van der Waals surface area contributed by atoms with E-state index in [0.29, 0.717) is 18.7 Å². The predicted octanol–water partition coefficient (Wildman–Crippen LogP) is 1.30. The van der Waals surface area contributed by atoms with Gasteiger partial charge < -0.3 is 5.32 Å². The van der Waals surface area contributed by atoms with Gasteiger partial charge in [-0.05, 0) is 18.2 Å². The number of nitrogens with one attached hydrogen (secondary N) is 1. The molecule has 0 aromatic heterocycles. The molecule has 1 rings (SSSR count). The van der Waals surface area contributed by atoms with Crippen molar-refractivity contribution in [2.75, 3.05) is 20.1 Å². The highest BCUT2D eigenvalue weighted by molar-refractivity contribution is 5.77. The molecule has 1 amide bonds. The van der Waals surface area contributed by atoms with Crippen LogP contribution in [-0.4, -0.2) is 35.9 Å². The van der Waals surface area contributed by atoms with Crippen molar-refractivity contribution in [1.29, 1.82) is 0 Å². The molecule has 0 saturated heterocycles. The number of amides is 1. The molecule has 104 valence electrons. The third-order valence-electron chi connectivity index (χ3n) is 2.71. The molecule has 0 fully saturated rings. The summed E-state index contributed by atoms with van der Waals surface area (Å²) < 4.78 is 13.4. The van der Waals surface area contributed by atoms with Gasteiger partial charge >= 0.3 is 5.69 Å². The number of halogens is 1. The van der Waals surface area contributed by atoms with Gasteiger partial charge in [-0.15, -0.1) is 0 Å². The van der Waals surface area contributed by atoms with Crippen LogP contribution in [0, 0.1) is 15.9 Å². The highest BCUT2D eigenvalue weighted by Gasteiger charge is 2.15. The van der Waals surface area contributed by atoms with Crippen molar-refractivity contribution in [3.05, 3.63) is 39.7 Å².